The van der Waals surface area contributed by atoms with Crippen molar-refractivity contribution in [1.29, 1.82) is 0 Å². The molecule has 0 spiro atoms. The van der Waals surface area contributed by atoms with Crippen LogP contribution in [0.25, 0.3) is 0 Å². The summed E-state index contributed by atoms with van der Waals surface area (Å²) in [5, 5.41) is 36.4. The summed E-state index contributed by atoms with van der Waals surface area (Å²) in [5.41, 5.74) is 0. The second kappa shape index (κ2) is 11.6. The molecule has 0 bridgehead atoms. The van der Waals surface area contributed by atoms with Crippen LogP contribution in [0.3, 0.4) is 0 Å². The van der Waals surface area contributed by atoms with E-state index >= 15 is 0 Å². The molecule has 3 atom stereocenters. The molecule has 0 rings (SSSR count). The van der Waals surface area contributed by atoms with E-state index in [4.69, 9.17) is 14.9 Å². The average molecular weight is 306 g/mol. The molecular formula is C14H26O7. The van der Waals surface area contributed by atoms with E-state index < -0.39 is 43.3 Å². The highest BCUT2D eigenvalue weighted by Gasteiger charge is 2.30. The van der Waals surface area contributed by atoms with Crippen molar-refractivity contribution in [2.75, 3.05) is 13.2 Å². The first-order valence-electron chi connectivity index (χ1n) is 7.27. The number of aliphatic hydroxyl groups excluding tert-OH is 4. The first-order chi connectivity index (χ1) is 9.93. The first kappa shape index (κ1) is 20.0. The molecule has 7 heteroatoms. The van der Waals surface area contributed by atoms with E-state index in [0.717, 1.165) is 25.7 Å². The maximum atomic E-state index is 11.4. The Balaban J connectivity index is 3.88. The summed E-state index contributed by atoms with van der Waals surface area (Å²) in [6.45, 7) is 0.639. The van der Waals surface area contributed by atoms with E-state index in [1.807, 2.05) is 0 Å². The molecule has 124 valence electrons. The van der Waals surface area contributed by atoms with Crippen LogP contribution in [0.2, 0.25) is 0 Å². The SMILES string of the molecule is CCCCCCCC(=O)OCC(=O)[C@@H](O)[C@H](O)C(O)CO. The largest absolute Gasteiger partial charge is 0.458 e. The minimum Gasteiger partial charge on any atom is -0.458 e. The molecule has 0 aromatic rings. The maximum Gasteiger partial charge on any atom is 0.306 e. The fraction of sp³-hybridized carbons (Fsp3) is 0.857. The monoisotopic (exact) mass is 306 g/mol. The Morgan fingerprint density at radius 1 is 1.05 bits per heavy atom. The number of hydrogen-bond acceptors (Lipinski definition) is 7. The molecule has 0 saturated heterocycles. The average Bonchev–Trinajstić information content (AvgIpc) is 2.49. The van der Waals surface area contributed by atoms with Crippen molar-refractivity contribution >= 4 is 11.8 Å². The van der Waals surface area contributed by atoms with Crippen LogP contribution in [0.5, 0.6) is 0 Å². The first-order valence-corrected chi connectivity index (χ1v) is 7.27. The van der Waals surface area contributed by atoms with Crippen molar-refractivity contribution in [3.05, 3.63) is 0 Å². The molecule has 4 N–H and O–H groups in total. The lowest BCUT2D eigenvalue weighted by molar-refractivity contribution is -0.155. The summed E-state index contributed by atoms with van der Waals surface area (Å²) in [4.78, 5) is 22.8. The number of ether oxygens (including phenoxy) is 1. The number of Topliss-reactive ketones (excluding diaryl/α,β-unsaturated/α-hetero) is 1. The topological polar surface area (TPSA) is 124 Å². The molecule has 0 aliphatic heterocycles. The van der Waals surface area contributed by atoms with Gasteiger partial charge < -0.3 is 25.2 Å². The third-order valence-electron chi connectivity index (χ3n) is 3.09. The second-order valence-electron chi connectivity index (χ2n) is 4.98. The van der Waals surface area contributed by atoms with E-state index in [2.05, 4.69) is 6.92 Å². The summed E-state index contributed by atoms with van der Waals surface area (Å²) in [5.74, 6) is -1.46. The van der Waals surface area contributed by atoms with Crippen molar-refractivity contribution in [3.63, 3.8) is 0 Å². The van der Waals surface area contributed by atoms with Crippen molar-refractivity contribution in [2.45, 2.75) is 63.8 Å². The highest BCUT2D eigenvalue weighted by atomic mass is 16.5. The fourth-order valence-corrected chi connectivity index (χ4v) is 1.69. The van der Waals surface area contributed by atoms with E-state index in [0.29, 0.717) is 6.42 Å². The quantitative estimate of drug-likeness (QED) is 0.284. The van der Waals surface area contributed by atoms with E-state index in [1.165, 1.54) is 0 Å². The second-order valence-corrected chi connectivity index (χ2v) is 4.98. The summed E-state index contributed by atoms with van der Waals surface area (Å²) in [6.07, 6.45) is -0.258. The number of unbranched alkanes of at least 4 members (excludes halogenated alkanes) is 4. The minimum atomic E-state index is -1.90. The molecule has 1 unspecified atom stereocenters. The normalized spacial score (nSPS) is 15.3. The molecular weight excluding hydrogens is 280 g/mol. The zero-order valence-electron chi connectivity index (χ0n) is 12.4. The van der Waals surface area contributed by atoms with Crippen LogP contribution in [0.1, 0.15) is 45.4 Å². The molecule has 0 aromatic carbocycles. The molecule has 0 aliphatic rings. The van der Waals surface area contributed by atoms with Gasteiger partial charge in [0.1, 0.15) is 18.3 Å². The molecule has 0 aliphatic carbocycles. The van der Waals surface area contributed by atoms with Crippen molar-refractivity contribution in [2.24, 2.45) is 0 Å². The zero-order chi connectivity index (χ0) is 16.3. The van der Waals surface area contributed by atoms with Crippen LogP contribution in [0.4, 0.5) is 0 Å². The fourth-order valence-electron chi connectivity index (χ4n) is 1.69. The Morgan fingerprint density at radius 3 is 2.24 bits per heavy atom. The van der Waals surface area contributed by atoms with Gasteiger partial charge in [0.2, 0.25) is 5.78 Å². The highest BCUT2D eigenvalue weighted by molar-refractivity contribution is 5.86. The van der Waals surface area contributed by atoms with Crippen molar-refractivity contribution < 1.29 is 34.8 Å². The molecule has 0 saturated carbocycles. The van der Waals surface area contributed by atoms with Crippen LogP contribution in [-0.4, -0.2) is 63.7 Å². The van der Waals surface area contributed by atoms with Crippen molar-refractivity contribution in [3.8, 4) is 0 Å². The van der Waals surface area contributed by atoms with Gasteiger partial charge >= 0.3 is 5.97 Å². The third kappa shape index (κ3) is 8.77. The number of aliphatic hydroxyl groups is 4. The van der Waals surface area contributed by atoms with Crippen molar-refractivity contribution in [1.82, 2.24) is 0 Å². The third-order valence-corrected chi connectivity index (χ3v) is 3.09. The summed E-state index contributed by atoms with van der Waals surface area (Å²) >= 11 is 0. The maximum absolute atomic E-state index is 11.4. The number of esters is 1. The van der Waals surface area contributed by atoms with E-state index in [-0.39, 0.29) is 6.42 Å². The number of carbonyl (C=O) groups is 2. The van der Waals surface area contributed by atoms with Crippen LogP contribution in [0.15, 0.2) is 0 Å². The van der Waals surface area contributed by atoms with Crippen LogP contribution in [-0.2, 0) is 14.3 Å². The minimum absolute atomic E-state index is 0.203. The Hall–Kier alpha value is -1.02. The van der Waals surface area contributed by atoms with Gasteiger partial charge in [0.25, 0.3) is 0 Å². The molecule has 21 heavy (non-hydrogen) atoms. The Kier molecular flexibility index (Phi) is 11.1. The Labute approximate surface area is 124 Å². The zero-order valence-corrected chi connectivity index (χ0v) is 12.4. The van der Waals surface area contributed by atoms with E-state index in [1.54, 1.807) is 0 Å². The molecule has 0 heterocycles. The molecule has 0 radical (unpaired) electrons. The van der Waals surface area contributed by atoms with Gasteiger partial charge in [-0.1, -0.05) is 32.6 Å². The van der Waals surface area contributed by atoms with Crippen LogP contribution >= 0.6 is 0 Å². The molecule has 0 fully saturated rings. The summed E-state index contributed by atoms with van der Waals surface area (Å²) in [6, 6.07) is 0. The number of hydrogen-bond donors (Lipinski definition) is 4. The molecule has 7 nitrogen and oxygen atoms in total. The standard InChI is InChI=1S/C14H26O7/c1-2-3-4-5-6-7-12(18)21-9-11(17)14(20)13(19)10(16)8-15/h10,13-16,19-20H,2-9H2,1H3/t10?,13-,14-/m1/s1. The molecule has 0 amide bonds. The van der Waals surface area contributed by atoms with Gasteiger partial charge in [0.05, 0.1) is 6.61 Å². The van der Waals surface area contributed by atoms with Gasteiger partial charge in [0, 0.05) is 6.42 Å². The van der Waals surface area contributed by atoms with Crippen LogP contribution in [0, 0.1) is 0 Å². The van der Waals surface area contributed by atoms with Gasteiger partial charge in [-0.15, -0.1) is 0 Å². The lowest BCUT2D eigenvalue weighted by Crippen LogP contribution is -2.45. The molecule has 0 aromatic heterocycles. The predicted molar refractivity (Wildman–Crippen MR) is 74.4 cm³/mol. The lowest BCUT2D eigenvalue weighted by atomic mass is 10.1. The van der Waals surface area contributed by atoms with E-state index in [9.17, 15) is 19.8 Å². The van der Waals surface area contributed by atoms with Crippen LogP contribution < -0.4 is 0 Å². The summed E-state index contributed by atoms with van der Waals surface area (Å²) in [7, 11) is 0. The smallest absolute Gasteiger partial charge is 0.306 e. The number of carbonyl (C=O) groups excluding carboxylic acids is 2. The van der Waals surface area contributed by atoms with Gasteiger partial charge in [0.15, 0.2) is 6.61 Å². The lowest BCUT2D eigenvalue weighted by Gasteiger charge is -2.20. The van der Waals surface area contributed by atoms with Gasteiger partial charge in [-0.25, -0.2) is 0 Å². The predicted octanol–water partition coefficient (Wildman–Crippen LogP) is -0.466. The Bertz CT molecular complexity index is 306. The highest BCUT2D eigenvalue weighted by Crippen LogP contribution is 2.06. The number of rotatable bonds is 12. The Morgan fingerprint density at radius 2 is 1.67 bits per heavy atom. The van der Waals surface area contributed by atoms with Gasteiger partial charge in [-0.2, -0.15) is 0 Å². The van der Waals surface area contributed by atoms with Gasteiger partial charge in [-0.3, -0.25) is 9.59 Å². The number of ketones is 1. The summed E-state index contributed by atoms with van der Waals surface area (Å²) < 4.78 is 4.69. The van der Waals surface area contributed by atoms with Gasteiger partial charge in [-0.05, 0) is 6.42 Å².